The summed E-state index contributed by atoms with van der Waals surface area (Å²) in [6.07, 6.45) is 24.0. The molecule has 2 bridgehead atoms. The molecule has 0 aromatic heterocycles. The van der Waals surface area contributed by atoms with Crippen LogP contribution in [0, 0.1) is 5.41 Å². The fourth-order valence-electron chi connectivity index (χ4n) is 6.84. The average Bonchev–Trinajstić information content (AvgIpc) is 2.79. The molecule has 0 heteroatoms. The molecule has 3 aliphatic carbocycles. The van der Waals surface area contributed by atoms with Crippen molar-refractivity contribution in [1.82, 2.24) is 0 Å². The second kappa shape index (κ2) is 11.7. The first kappa shape index (κ1) is 24.6. The number of hydrogen-bond donors (Lipinski definition) is 0. The second-order valence-corrected chi connectivity index (χ2v) is 11.6. The molecule has 0 heterocycles. The topological polar surface area (TPSA) is 0 Å². The van der Waals surface area contributed by atoms with E-state index >= 15 is 0 Å². The predicted molar refractivity (Wildman–Crippen MR) is 145 cm³/mol. The fraction of sp³-hybridized carbons (Fsp3) is 0.636. The summed E-state index contributed by atoms with van der Waals surface area (Å²) >= 11 is 0. The zero-order chi connectivity index (χ0) is 23.0. The SMILES string of the molecule is CCCCCCCCc1ccc(-c2ccc(C34CC(CCCCCCCC)(C3)C4)cc2)cc1. The minimum atomic E-state index is 0.543. The lowest BCUT2D eigenvalue weighted by molar-refractivity contribution is -0.147. The van der Waals surface area contributed by atoms with Crippen molar-refractivity contribution in [2.75, 3.05) is 0 Å². The van der Waals surface area contributed by atoms with Crippen LogP contribution >= 0.6 is 0 Å². The van der Waals surface area contributed by atoms with Crippen LogP contribution in [0.1, 0.15) is 128 Å². The monoisotopic (exact) mass is 444 g/mol. The Labute approximate surface area is 204 Å². The van der Waals surface area contributed by atoms with Gasteiger partial charge in [-0.15, -0.1) is 0 Å². The van der Waals surface area contributed by atoms with Gasteiger partial charge in [-0.1, -0.05) is 133 Å². The summed E-state index contributed by atoms with van der Waals surface area (Å²) in [4.78, 5) is 0. The molecule has 0 saturated heterocycles. The second-order valence-electron chi connectivity index (χ2n) is 11.6. The summed E-state index contributed by atoms with van der Waals surface area (Å²) in [5, 5.41) is 0. The number of aryl methyl sites for hydroxylation is 1. The molecule has 0 N–H and O–H groups in total. The number of rotatable bonds is 16. The van der Waals surface area contributed by atoms with E-state index in [1.54, 1.807) is 5.56 Å². The maximum absolute atomic E-state index is 2.44. The summed E-state index contributed by atoms with van der Waals surface area (Å²) in [6.45, 7) is 4.60. The van der Waals surface area contributed by atoms with Gasteiger partial charge in [-0.25, -0.2) is 0 Å². The molecule has 3 aliphatic rings. The highest BCUT2D eigenvalue weighted by Gasteiger charge is 2.67. The minimum Gasteiger partial charge on any atom is -0.0654 e. The summed E-state index contributed by atoms with van der Waals surface area (Å²) in [5.74, 6) is 0. The van der Waals surface area contributed by atoms with Gasteiger partial charge in [0.05, 0.1) is 0 Å². The van der Waals surface area contributed by atoms with E-state index in [1.165, 1.54) is 126 Å². The molecule has 0 atom stereocenters. The quantitative estimate of drug-likeness (QED) is 0.226. The van der Waals surface area contributed by atoms with Gasteiger partial charge >= 0.3 is 0 Å². The Morgan fingerprint density at radius 1 is 0.545 bits per heavy atom. The first-order chi connectivity index (χ1) is 16.2. The van der Waals surface area contributed by atoms with E-state index in [9.17, 15) is 0 Å². The standard InChI is InChI=1S/C33H48/c1-3-5-7-9-11-13-15-28-16-18-29(19-17-28)30-20-22-31(23-21-30)33-25-32(26-33,27-33)24-14-12-10-8-6-4-2/h16-23H,3-15,24-27H2,1-2H3. The Hall–Kier alpha value is -1.56. The van der Waals surface area contributed by atoms with Gasteiger partial charge in [0.1, 0.15) is 0 Å². The van der Waals surface area contributed by atoms with Crippen LogP contribution in [-0.2, 0) is 11.8 Å². The van der Waals surface area contributed by atoms with E-state index in [-0.39, 0.29) is 0 Å². The molecule has 2 aromatic rings. The smallest absolute Gasteiger partial charge is 0.00311 e. The van der Waals surface area contributed by atoms with E-state index in [4.69, 9.17) is 0 Å². The maximum Gasteiger partial charge on any atom is -0.00311 e. The Balaban J connectivity index is 1.19. The van der Waals surface area contributed by atoms with Crippen LogP contribution in [0.4, 0.5) is 0 Å². The molecule has 2 aromatic carbocycles. The Morgan fingerprint density at radius 2 is 1.03 bits per heavy atom. The van der Waals surface area contributed by atoms with Crippen LogP contribution in [0.3, 0.4) is 0 Å². The summed E-state index contributed by atoms with van der Waals surface area (Å²) in [7, 11) is 0. The lowest BCUT2D eigenvalue weighted by Gasteiger charge is -2.72. The van der Waals surface area contributed by atoms with Gasteiger partial charge in [0.2, 0.25) is 0 Å². The van der Waals surface area contributed by atoms with Crippen molar-refractivity contribution in [3.8, 4) is 11.1 Å². The Kier molecular flexibility index (Phi) is 8.72. The lowest BCUT2D eigenvalue weighted by Crippen LogP contribution is -2.64. The first-order valence-corrected chi connectivity index (χ1v) is 14.4. The van der Waals surface area contributed by atoms with Crippen molar-refractivity contribution in [3.05, 3.63) is 59.7 Å². The normalized spacial score (nSPS) is 23.2. The highest BCUT2D eigenvalue weighted by Crippen LogP contribution is 2.75. The van der Waals surface area contributed by atoms with Crippen molar-refractivity contribution < 1.29 is 0 Å². The van der Waals surface area contributed by atoms with Crippen molar-refractivity contribution in [3.63, 3.8) is 0 Å². The van der Waals surface area contributed by atoms with Gasteiger partial charge in [0, 0.05) is 0 Å². The summed E-state index contributed by atoms with van der Waals surface area (Å²) < 4.78 is 0. The largest absolute Gasteiger partial charge is 0.0654 e. The Bertz CT molecular complexity index is 806. The highest BCUT2D eigenvalue weighted by atomic mass is 14.7. The summed E-state index contributed by atoms with van der Waals surface area (Å²) in [5.41, 5.74) is 7.12. The zero-order valence-electron chi connectivity index (χ0n) is 21.6. The predicted octanol–water partition coefficient (Wildman–Crippen LogP) is 10.4. The molecule has 0 unspecified atom stereocenters. The Morgan fingerprint density at radius 3 is 1.61 bits per heavy atom. The van der Waals surface area contributed by atoms with E-state index in [2.05, 4.69) is 62.4 Å². The molecular formula is C33H48. The molecule has 0 spiro atoms. The molecule has 5 rings (SSSR count). The third-order valence-corrected chi connectivity index (χ3v) is 8.80. The van der Waals surface area contributed by atoms with Crippen LogP contribution in [-0.4, -0.2) is 0 Å². The van der Waals surface area contributed by atoms with Gasteiger partial charge in [0.25, 0.3) is 0 Å². The zero-order valence-corrected chi connectivity index (χ0v) is 21.6. The van der Waals surface area contributed by atoms with Crippen LogP contribution in [0.2, 0.25) is 0 Å². The van der Waals surface area contributed by atoms with Crippen molar-refractivity contribution in [2.45, 2.75) is 128 Å². The molecule has 0 amide bonds. The summed E-state index contributed by atoms with van der Waals surface area (Å²) in [6, 6.07) is 19.0. The molecule has 0 radical (unpaired) electrons. The van der Waals surface area contributed by atoms with E-state index in [1.807, 2.05) is 0 Å². The van der Waals surface area contributed by atoms with Crippen LogP contribution in [0.5, 0.6) is 0 Å². The van der Waals surface area contributed by atoms with Gasteiger partial charge in [-0.05, 0) is 71.6 Å². The first-order valence-electron chi connectivity index (χ1n) is 14.4. The number of hydrogen-bond acceptors (Lipinski definition) is 0. The highest BCUT2D eigenvalue weighted by molar-refractivity contribution is 5.64. The molecule has 0 nitrogen and oxygen atoms in total. The van der Waals surface area contributed by atoms with E-state index in [0.29, 0.717) is 5.41 Å². The third kappa shape index (κ3) is 6.12. The third-order valence-electron chi connectivity index (χ3n) is 8.80. The van der Waals surface area contributed by atoms with Crippen LogP contribution < -0.4 is 0 Å². The molecule has 0 aliphatic heterocycles. The van der Waals surface area contributed by atoms with Gasteiger partial charge < -0.3 is 0 Å². The lowest BCUT2D eigenvalue weighted by atomic mass is 9.32. The molecule has 3 fully saturated rings. The van der Waals surface area contributed by atoms with Crippen molar-refractivity contribution in [1.29, 1.82) is 0 Å². The number of unbranched alkanes of at least 4 members (excludes halogenated alkanes) is 10. The van der Waals surface area contributed by atoms with Gasteiger partial charge in [0.15, 0.2) is 0 Å². The molecular weight excluding hydrogens is 396 g/mol. The molecule has 33 heavy (non-hydrogen) atoms. The van der Waals surface area contributed by atoms with E-state index < -0.39 is 0 Å². The van der Waals surface area contributed by atoms with E-state index in [0.717, 1.165) is 5.41 Å². The van der Waals surface area contributed by atoms with Gasteiger partial charge in [-0.2, -0.15) is 0 Å². The fourth-order valence-corrected chi connectivity index (χ4v) is 6.84. The van der Waals surface area contributed by atoms with Crippen LogP contribution in [0.25, 0.3) is 11.1 Å². The average molecular weight is 445 g/mol. The van der Waals surface area contributed by atoms with Crippen LogP contribution in [0.15, 0.2) is 48.5 Å². The van der Waals surface area contributed by atoms with Crippen molar-refractivity contribution >= 4 is 0 Å². The molecule has 3 saturated carbocycles. The van der Waals surface area contributed by atoms with Gasteiger partial charge in [-0.3, -0.25) is 0 Å². The molecule has 180 valence electrons. The maximum atomic E-state index is 2.44. The number of benzene rings is 2. The van der Waals surface area contributed by atoms with Crippen molar-refractivity contribution in [2.24, 2.45) is 5.41 Å². The minimum absolute atomic E-state index is 0.543.